The van der Waals surface area contributed by atoms with Crippen LogP contribution in [0.15, 0.2) is 162 Å². The third kappa shape index (κ3) is 4.48. The van der Waals surface area contributed by atoms with Gasteiger partial charge in [-0.1, -0.05) is 121 Å². The highest BCUT2D eigenvalue weighted by Crippen LogP contribution is 2.43. The van der Waals surface area contributed by atoms with Gasteiger partial charge in [-0.3, -0.25) is 0 Å². The Morgan fingerprint density at radius 3 is 2.06 bits per heavy atom. The number of rotatable bonds is 4. The Bertz CT molecular complexity index is 3200. The highest BCUT2D eigenvalue weighted by molar-refractivity contribution is 7.26. The molecule has 0 aliphatic heterocycles. The topological polar surface area (TPSA) is 64.7 Å². The van der Waals surface area contributed by atoms with Crippen molar-refractivity contribution in [1.29, 1.82) is 0 Å². The van der Waals surface area contributed by atoms with Crippen LogP contribution in [0, 0.1) is 0 Å². The Hall–Kier alpha value is -6.76. The molecule has 5 nitrogen and oxygen atoms in total. The predicted octanol–water partition coefficient (Wildman–Crippen LogP) is 12.5. The molecule has 7 aromatic carbocycles. The van der Waals surface area contributed by atoms with Crippen molar-refractivity contribution in [3.05, 3.63) is 158 Å². The predicted molar refractivity (Wildman–Crippen MR) is 215 cm³/mol. The molecule has 0 aliphatic carbocycles. The van der Waals surface area contributed by atoms with Gasteiger partial charge >= 0.3 is 0 Å². The highest BCUT2D eigenvalue weighted by atomic mass is 32.1. The molecule has 0 saturated heterocycles. The first-order chi connectivity index (χ1) is 25.8. The zero-order valence-electron chi connectivity index (χ0n) is 27.6. The van der Waals surface area contributed by atoms with Gasteiger partial charge in [-0.05, 0) is 57.6 Å². The van der Waals surface area contributed by atoms with Gasteiger partial charge in [0.2, 0.25) is 0 Å². The van der Waals surface area contributed by atoms with E-state index in [-0.39, 0.29) is 0 Å². The number of fused-ring (bicyclic) bond motifs is 9. The third-order valence-corrected chi connectivity index (χ3v) is 11.1. The van der Waals surface area contributed by atoms with Crippen LogP contribution in [0.2, 0.25) is 0 Å². The van der Waals surface area contributed by atoms with E-state index in [2.05, 4.69) is 89.9 Å². The van der Waals surface area contributed by atoms with Gasteiger partial charge in [0.1, 0.15) is 16.0 Å². The number of nitrogens with zero attached hydrogens (tertiary/aromatic N) is 4. The fourth-order valence-electron chi connectivity index (χ4n) is 7.62. The van der Waals surface area contributed by atoms with Crippen LogP contribution >= 0.6 is 11.3 Å². The van der Waals surface area contributed by atoms with Crippen molar-refractivity contribution in [3.8, 4) is 45.3 Å². The fourth-order valence-corrected chi connectivity index (χ4v) is 8.84. The average molecular weight is 683 g/mol. The van der Waals surface area contributed by atoms with Gasteiger partial charge in [-0.25, -0.2) is 19.9 Å². The summed E-state index contributed by atoms with van der Waals surface area (Å²) in [5, 5.41) is 9.24. The standard InChI is InChI=1S/C46H26N4OS/c1-2-10-28(11-3-1)43-48-44(50-45(49-43)37-17-8-20-39-41(37)36-14-4-5-19-38(36)51-39)30-22-23-31-29(26-30)13-7-15-32(31)33-16-6-12-27-21-24-34-35-18-9-25-47-46(35)52-42(34)40(27)33/h1-26H. The molecule has 52 heavy (non-hydrogen) atoms. The first-order valence-electron chi connectivity index (χ1n) is 17.2. The molecular formula is C46H26N4OS. The van der Waals surface area contributed by atoms with E-state index in [4.69, 9.17) is 19.4 Å². The lowest BCUT2D eigenvalue weighted by Gasteiger charge is -2.13. The normalized spacial score (nSPS) is 11.8. The number of hydrogen-bond donors (Lipinski definition) is 0. The van der Waals surface area contributed by atoms with Gasteiger partial charge in [0.05, 0.1) is 0 Å². The SMILES string of the molecule is c1ccc(-c2nc(-c3ccc4c(-c5cccc6ccc7c8cccnc8sc7c56)cccc4c3)nc(-c3cccc4oc5ccccc5c34)n2)cc1. The molecule has 0 unspecified atom stereocenters. The van der Waals surface area contributed by atoms with Crippen molar-refractivity contribution in [1.82, 2.24) is 19.9 Å². The molecule has 4 heterocycles. The van der Waals surface area contributed by atoms with Gasteiger partial charge in [0.15, 0.2) is 17.5 Å². The zero-order valence-corrected chi connectivity index (χ0v) is 28.4. The molecule has 242 valence electrons. The largest absolute Gasteiger partial charge is 0.456 e. The number of aromatic nitrogens is 4. The number of hydrogen-bond acceptors (Lipinski definition) is 6. The van der Waals surface area contributed by atoms with E-state index >= 15 is 0 Å². The van der Waals surface area contributed by atoms with Crippen LogP contribution in [0.25, 0.3) is 109 Å². The first-order valence-corrected chi connectivity index (χ1v) is 18.0. The molecule has 0 fully saturated rings. The molecule has 4 aromatic heterocycles. The summed E-state index contributed by atoms with van der Waals surface area (Å²) in [7, 11) is 0. The molecule has 0 radical (unpaired) electrons. The van der Waals surface area contributed by atoms with Crippen LogP contribution < -0.4 is 0 Å². The van der Waals surface area contributed by atoms with Crippen molar-refractivity contribution in [2.75, 3.05) is 0 Å². The molecule has 11 aromatic rings. The summed E-state index contributed by atoms with van der Waals surface area (Å²) in [6, 6.07) is 52.6. The van der Waals surface area contributed by atoms with Crippen LogP contribution in [0.3, 0.4) is 0 Å². The summed E-state index contributed by atoms with van der Waals surface area (Å²) < 4.78 is 7.50. The van der Waals surface area contributed by atoms with Crippen molar-refractivity contribution in [2.45, 2.75) is 0 Å². The van der Waals surface area contributed by atoms with Gasteiger partial charge in [0.25, 0.3) is 0 Å². The Morgan fingerprint density at radius 2 is 1.13 bits per heavy atom. The van der Waals surface area contributed by atoms with E-state index in [0.717, 1.165) is 48.8 Å². The van der Waals surface area contributed by atoms with Gasteiger partial charge in [0, 0.05) is 54.5 Å². The second-order valence-electron chi connectivity index (χ2n) is 13.0. The number of pyridine rings is 1. The highest BCUT2D eigenvalue weighted by Gasteiger charge is 2.19. The molecule has 11 rings (SSSR count). The lowest BCUT2D eigenvalue weighted by atomic mass is 9.92. The minimum absolute atomic E-state index is 0.604. The molecule has 0 spiro atoms. The molecular weight excluding hydrogens is 657 g/mol. The quantitative estimate of drug-likeness (QED) is 0.185. The van der Waals surface area contributed by atoms with Crippen LogP contribution in [0.4, 0.5) is 0 Å². The summed E-state index contributed by atoms with van der Waals surface area (Å²) in [5.74, 6) is 1.84. The summed E-state index contributed by atoms with van der Waals surface area (Å²) in [4.78, 5) is 21.0. The smallest absolute Gasteiger partial charge is 0.164 e. The van der Waals surface area contributed by atoms with Crippen molar-refractivity contribution >= 4 is 75.1 Å². The fraction of sp³-hybridized carbons (Fsp3) is 0. The Kier molecular flexibility index (Phi) is 6.35. The monoisotopic (exact) mass is 682 g/mol. The second kappa shape index (κ2) is 11.4. The zero-order chi connectivity index (χ0) is 34.2. The Balaban J connectivity index is 1.11. The first kappa shape index (κ1) is 29.0. The van der Waals surface area contributed by atoms with Crippen LogP contribution in [-0.2, 0) is 0 Å². The van der Waals surface area contributed by atoms with E-state index in [1.165, 1.54) is 42.8 Å². The lowest BCUT2D eigenvalue weighted by molar-refractivity contribution is 0.669. The maximum absolute atomic E-state index is 6.23. The minimum atomic E-state index is 0.604. The van der Waals surface area contributed by atoms with E-state index < -0.39 is 0 Å². The molecule has 0 bridgehead atoms. The average Bonchev–Trinajstić information content (AvgIpc) is 3.79. The number of thiophene rings is 1. The van der Waals surface area contributed by atoms with E-state index in [1.807, 2.05) is 72.9 Å². The van der Waals surface area contributed by atoms with Crippen molar-refractivity contribution < 1.29 is 4.42 Å². The third-order valence-electron chi connectivity index (χ3n) is 10.00. The van der Waals surface area contributed by atoms with E-state index in [9.17, 15) is 0 Å². The van der Waals surface area contributed by atoms with Crippen LogP contribution in [0.1, 0.15) is 0 Å². The minimum Gasteiger partial charge on any atom is -0.456 e. The molecule has 6 heteroatoms. The summed E-state index contributed by atoms with van der Waals surface area (Å²) in [5.41, 5.74) is 6.80. The summed E-state index contributed by atoms with van der Waals surface area (Å²) in [6.07, 6.45) is 1.88. The molecule has 0 aliphatic rings. The van der Waals surface area contributed by atoms with E-state index in [1.54, 1.807) is 11.3 Å². The molecule has 0 atom stereocenters. The van der Waals surface area contributed by atoms with Gasteiger partial charge in [-0.2, -0.15) is 0 Å². The van der Waals surface area contributed by atoms with Gasteiger partial charge in [-0.15, -0.1) is 11.3 Å². The number of benzene rings is 7. The summed E-state index contributed by atoms with van der Waals surface area (Å²) >= 11 is 1.77. The molecule has 0 N–H and O–H groups in total. The second-order valence-corrected chi connectivity index (χ2v) is 14.0. The van der Waals surface area contributed by atoms with Crippen LogP contribution in [-0.4, -0.2) is 19.9 Å². The molecule has 0 amide bonds. The van der Waals surface area contributed by atoms with Gasteiger partial charge < -0.3 is 4.42 Å². The maximum atomic E-state index is 6.23. The Morgan fingerprint density at radius 1 is 0.423 bits per heavy atom. The number of para-hydroxylation sites is 1. The molecule has 0 saturated carbocycles. The Labute approximate surface area is 301 Å². The number of furan rings is 1. The summed E-state index contributed by atoms with van der Waals surface area (Å²) in [6.45, 7) is 0. The van der Waals surface area contributed by atoms with Crippen molar-refractivity contribution in [2.24, 2.45) is 0 Å². The van der Waals surface area contributed by atoms with E-state index in [0.29, 0.717) is 17.5 Å². The maximum Gasteiger partial charge on any atom is 0.164 e. The lowest BCUT2D eigenvalue weighted by Crippen LogP contribution is -2.00. The van der Waals surface area contributed by atoms with Crippen molar-refractivity contribution in [3.63, 3.8) is 0 Å². The van der Waals surface area contributed by atoms with Crippen LogP contribution in [0.5, 0.6) is 0 Å².